The zero-order valence-corrected chi connectivity index (χ0v) is 12.4. The van der Waals surface area contributed by atoms with Gasteiger partial charge in [-0.2, -0.15) is 16.1 Å². The number of carboxylic acids is 1. The van der Waals surface area contributed by atoms with Crippen molar-refractivity contribution in [2.75, 3.05) is 30.3 Å². The maximum atomic E-state index is 12.6. The number of carbonyl (C=O) groups is 1. The number of thioether (sulfide) groups is 1. The molecule has 0 aliphatic carbocycles. The van der Waals surface area contributed by atoms with Crippen LogP contribution in [-0.4, -0.2) is 48.4 Å². The molecule has 3 N–H and O–H groups in total. The third-order valence-electron chi connectivity index (χ3n) is 3.03. The van der Waals surface area contributed by atoms with Gasteiger partial charge in [0, 0.05) is 24.5 Å². The summed E-state index contributed by atoms with van der Waals surface area (Å²) >= 11 is 1.70. The van der Waals surface area contributed by atoms with Crippen LogP contribution in [0, 0.1) is 0 Å². The summed E-state index contributed by atoms with van der Waals surface area (Å²) in [5.41, 5.74) is 5.49. The predicted molar refractivity (Wildman–Crippen MR) is 78.5 cm³/mol. The maximum absolute atomic E-state index is 12.6. The van der Waals surface area contributed by atoms with Gasteiger partial charge in [0.25, 0.3) is 0 Å². The number of hydrogen-bond acceptors (Lipinski definition) is 5. The molecule has 1 aromatic carbocycles. The van der Waals surface area contributed by atoms with Crippen LogP contribution in [0.15, 0.2) is 23.1 Å². The van der Waals surface area contributed by atoms with Gasteiger partial charge in [0.05, 0.1) is 10.5 Å². The van der Waals surface area contributed by atoms with Gasteiger partial charge in [-0.15, -0.1) is 0 Å². The first-order valence-electron chi connectivity index (χ1n) is 6.13. The van der Waals surface area contributed by atoms with Gasteiger partial charge in [-0.1, -0.05) is 0 Å². The van der Waals surface area contributed by atoms with Crippen LogP contribution in [0.5, 0.6) is 0 Å². The molecule has 0 atom stereocenters. The number of carboxylic acid groups (broad SMARTS) is 1. The fraction of sp³-hybridized carbons (Fsp3) is 0.417. The number of hydrogen-bond donors (Lipinski definition) is 2. The Morgan fingerprint density at radius 2 is 2.05 bits per heavy atom. The third-order valence-corrected chi connectivity index (χ3v) is 6.04. The zero-order valence-electron chi connectivity index (χ0n) is 10.8. The van der Waals surface area contributed by atoms with Crippen molar-refractivity contribution in [3.05, 3.63) is 23.8 Å². The lowest BCUT2D eigenvalue weighted by molar-refractivity contribution is 0.0692. The lowest BCUT2D eigenvalue weighted by Gasteiger charge is -2.20. The smallest absolute Gasteiger partial charge is 0.337 e. The minimum absolute atomic E-state index is 0.189. The number of nitrogens with zero attached hydrogens (tertiary/aromatic N) is 1. The molecule has 0 saturated carbocycles. The van der Waals surface area contributed by atoms with Crippen molar-refractivity contribution in [2.24, 2.45) is 0 Å². The van der Waals surface area contributed by atoms with E-state index >= 15 is 0 Å². The number of rotatable bonds is 3. The quantitative estimate of drug-likeness (QED) is 0.810. The highest BCUT2D eigenvalue weighted by atomic mass is 32.2. The topological polar surface area (TPSA) is 101 Å². The normalized spacial score (nSPS) is 17.6. The van der Waals surface area contributed by atoms with Crippen LogP contribution in [0.1, 0.15) is 16.8 Å². The predicted octanol–water partition coefficient (Wildman–Crippen LogP) is 1.09. The molecular formula is C12H16N2O4S2. The Kier molecular flexibility index (Phi) is 4.56. The van der Waals surface area contributed by atoms with Crippen molar-refractivity contribution in [1.82, 2.24) is 4.31 Å². The number of aromatic carboxylic acids is 1. The Labute approximate surface area is 122 Å². The van der Waals surface area contributed by atoms with Gasteiger partial charge < -0.3 is 10.8 Å². The summed E-state index contributed by atoms with van der Waals surface area (Å²) in [7, 11) is -3.79. The molecule has 6 nitrogen and oxygen atoms in total. The van der Waals surface area contributed by atoms with E-state index in [9.17, 15) is 13.2 Å². The van der Waals surface area contributed by atoms with Crippen molar-refractivity contribution in [1.29, 1.82) is 0 Å². The van der Waals surface area contributed by atoms with Crippen molar-refractivity contribution >= 4 is 33.4 Å². The van der Waals surface area contributed by atoms with Crippen LogP contribution < -0.4 is 5.73 Å². The highest BCUT2D eigenvalue weighted by Crippen LogP contribution is 2.24. The molecule has 0 aromatic heterocycles. The molecule has 1 aliphatic rings. The summed E-state index contributed by atoms with van der Waals surface area (Å²) < 4.78 is 26.5. The second-order valence-electron chi connectivity index (χ2n) is 4.43. The Balaban J connectivity index is 2.45. The Hall–Kier alpha value is -1.25. The summed E-state index contributed by atoms with van der Waals surface area (Å²) in [6.45, 7) is 0.815. The molecule has 1 heterocycles. The van der Waals surface area contributed by atoms with E-state index in [1.54, 1.807) is 11.8 Å². The summed E-state index contributed by atoms with van der Waals surface area (Å²) in [6, 6.07) is 3.86. The van der Waals surface area contributed by atoms with Gasteiger partial charge in [-0.3, -0.25) is 0 Å². The molecule has 20 heavy (non-hydrogen) atoms. The fourth-order valence-electron chi connectivity index (χ4n) is 2.04. The summed E-state index contributed by atoms with van der Waals surface area (Å²) in [5, 5.41) is 9.16. The van der Waals surface area contributed by atoms with Crippen LogP contribution in [0.4, 0.5) is 5.69 Å². The van der Waals surface area contributed by atoms with Crippen LogP contribution in [0.2, 0.25) is 0 Å². The molecular weight excluding hydrogens is 300 g/mol. The van der Waals surface area contributed by atoms with E-state index in [4.69, 9.17) is 10.8 Å². The van der Waals surface area contributed by atoms with Crippen LogP contribution in [0.25, 0.3) is 0 Å². The van der Waals surface area contributed by atoms with Crippen molar-refractivity contribution in [3.8, 4) is 0 Å². The summed E-state index contributed by atoms with van der Waals surface area (Å²) in [4.78, 5) is 11.0. The summed E-state index contributed by atoms with van der Waals surface area (Å²) in [6.07, 6.45) is 0.765. The molecule has 0 unspecified atom stereocenters. The number of sulfonamides is 1. The SMILES string of the molecule is Nc1ccc(S(=O)(=O)N2CCCSCC2)c(C(=O)O)c1. The molecule has 0 bridgehead atoms. The molecule has 1 aromatic rings. The molecule has 110 valence electrons. The second kappa shape index (κ2) is 6.02. The minimum Gasteiger partial charge on any atom is -0.478 e. The van der Waals surface area contributed by atoms with E-state index in [0.717, 1.165) is 17.9 Å². The molecule has 2 rings (SSSR count). The first-order chi connectivity index (χ1) is 9.43. The lowest BCUT2D eigenvalue weighted by atomic mass is 10.2. The van der Waals surface area contributed by atoms with Crippen LogP contribution in [-0.2, 0) is 10.0 Å². The van der Waals surface area contributed by atoms with Gasteiger partial charge in [0.2, 0.25) is 10.0 Å². The van der Waals surface area contributed by atoms with E-state index < -0.39 is 16.0 Å². The van der Waals surface area contributed by atoms with E-state index in [2.05, 4.69) is 0 Å². The fourth-order valence-corrected chi connectivity index (χ4v) is 4.69. The molecule has 1 fully saturated rings. The molecule has 0 amide bonds. The second-order valence-corrected chi connectivity index (χ2v) is 7.56. The Morgan fingerprint density at radius 3 is 2.75 bits per heavy atom. The van der Waals surface area contributed by atoms with E-state index in [-0.39, 0.29) is 16.1 Å². The number of benzene rings is 1. The lowest BCUT2D eigenvalue weighted by Crippen LogP contribution is -2.34. The average molecular weight is 316 g/mol. The largest absolute Gasteiger partial charge is 0.478 e. The van der Waals surface area contributed by atoms with E-state index in [1.807, 2.05) is 0 Å². The third kappa shape index (κ3) is 3.08. The van der Waals surface area contributed by atoms with Crippen molar-refractivity contribution in [3.63, 3.8) is 0 Å². The Bertz CT molecular complexity index is 608. The molecule has 0 spiro atoms. The molecule has 8 heteroatoms. The number of anilines is 1. The molecule has 1 aliphatic heterocycles. The minimum atomic E-state index is -3.79. The zero-order chi connectivity index (χ0) is 14.8. The van der Waals surface area contributed by atoms with Crippen molar-refractivity contribution in [2.45, 2.75) is 11.3 Å². The van der Waals surface area contributed by atoms with Gasteiger partial charge in [0.1, 0.15) is 0 Å². The van der Waals surface area contributed by atoms with Gasteiger partial charge >= 0.3 is 5.97 Å². The highest BCUT2D eigenvalue weighted by Gasteiger charge is 2.29. The van der Waals surface area contributed by atoms with E-state index in [1.165, 1.54) is 22.5 Å². The van der Waals surface area contributed by atoms with E-state index in [0.29, 0.717) is 13.1 Å². The first-order valence-corrected chi connectivity index (χ1v) is 8.73. The van der Waals surface area contributed by atoms with Crippen LogP contribution >= 0.6 is 11.8 Å². The molecule has 1 saturated heterocycles. The monoisotopic (exact) mass is 316 g/mol. The van der Waals surface area contributed by atoms with Gasteiger partial charge in [-0.25, -0.2) is 13.2 Å². The number of nitrogen functional groups attached to an aromatic ring is 1. The number of nitrogens with two attached hydrogens (primary N) is 1. The summed E-state index contributed by atoms with van der Waals surface area (Å²) in [5.74, 6) is 0.343. The average Bonchev–Trinajstić information content (AvgIpc) is 2.67. The first kappa shape index (κ1) is 15.1. The standard InChI is InChI=1S/C12H16N2O4S2/c13-9-2-3-11(10(8-9)12(15)16)20(17,18)14-4-1-6-19-7-5-14/h2-3,8H,1,4-7,13H2,(H,15,16). The van der Waals surface area contributed by atoms with Gasteiger partial charge in [0.15, 0.2) is 0 Å². The maximum Gasteiger partial charge on any atom is 0.337 e. The van der Waals surface area contributed by atoms with Crippen molar-refractivity contribution < 1.29 is 18.3 Å². The Morgan fingerprint density at radius 1 is 1.30 bits per heavy atom. The van der Waals surface area contributed by atoms with Gasteiger partial charge in [-0.05, 0) is 30.4 Å². The highest BCUT2D eigenvalue weighted by molar-refractivity contribution is 7.99. The molecule has 0 radical (unpaired) electrons. The van der Waals surface area contributed by atoms with Crippen LogP contribution in [0.3, 0.4) is 0 Å².